The number of alkyl halides is 3. The van der Waals surface area contributed by atoms with Crippen LogP contribution in [0.25, 0.3) is 0 Å². The van der Waals surface area contributed by atoms with Gasteiger partial charge in [-0.2, -0.15) is 13.2 Å². The lowest BCUT2D eigenvalue weighted by Gasteiger charge is -2.33. The first-order chi connectivity index (χ1) is 16.2. The van der Waals surface area contributed by atoms with E-state index in [0.29, 0.717) is 11.5 Å². The van der Waals surface area contributed by atoms with Gasteiger partial charge in [0.25, 0.3) is 5.91 Å². The summed E-state index contributed by atoms with van der Waals surface area (Å²) in [5.41, 5.74) is -0.665. The molecular weight excluding hydrogens is 453 g/mol. The lowest BCUT2D eigenvalue weighted by atomic mass is 9.91. The average Bonchev–Trinajstić information content (AvgIpc) is 3.43. The number of nitrogens with one attached hydrogen (secondary N) is 2. The second kappa shape index (κ2) is 9.24. The minimum atomic E-state index is -4.66. The number of likely N-dealkylation sites (N-methyl/N-ethyl adjacent to an activating group) is 1. The molecule has 4 rings (SSSR count). The molecule has 0 aliphatic carbocycles. The van der Waals surface area contributed by atoms with E-state index in [9.17, 15) is 27.6 Å². The Bertz CT molecular complexity index is 1130. The van der Waals surface area contributed by atoms with E-state index in [1.54, 1.807) is 19.1 Å². The molecule has 3 heterocycles. The molecule has 1 aromatic carbocycles. The summed E-state index contributed by atoms with van der Waals surface area (Å²) in [6.45, 7) is 2.24. The van der Waals surface area contributed by atoms with Gasteiger partial charge in [0.2, 0.25) is 5.91 Å². The number of carbonyl (C=O) groups is 3. The zero-order valence-electron chi connectivity index (χ0n) is 18.3. The molecule has 0 radical (unpaired) electrons. The molecule has 1 aromatic heterocycles. The zero-order chi connectivity index (χ0) is 24.5. The Morgan fingerprint density at radius 3 is 2.65 bits per heavy atom. The van der Waals surface area contributed by atoms with E-state index < -0.39 is 29.7 Å². The Morgan fingerprint density at radius 2 is 1.97 bits per heavy atom. The van der Waals surface area contributed by atoms with Crippen molar-refractivity contribution in [2.24, 2.45) is 0 Å². The third kappa shape index (κ3) is 4.50. The maximum atomic E-state index is 13.7. The monoisotopic (exact) mass is 476 g/mol. The lowest BCUT2D eigenvalue weighted by Crippen LogP contribution is -2.47. The van der Waals surface area contributed by atoms with Gasteiger partial charge in [-0.15, -0.1) is 0 Å². The average molecular weight is 476 g/mol. The maximum Gasteiger partial charge on any atom is 0.416 e. The quantitative estimate of drug-likeness (QED) is 0.642. The molecule has 180 valence electrons. The van der Waals surface area contributed by atoms with Gasteiger partial charge in [-0.25, -0.2) is 4.79 Å². The molecule has 34 heavy (non-hydrogen) atoms. The van der Waals surface area contributed by atoms with Gasteiger partial charge < -0.3 is 20.0 Å². The fourth-order valence-corrected chi connectivity index (χ4v) is 4.23. The van der Waals surface area contributed by atoms with Crippen LogP contribution in [0.2, 0.25) is 0 Å². The smallest absolute Gasteiger partial charge is 0.416 e. The van der Waals surface area contributed by atoms with Crippen LogP contribution in [-0.2, 0) is 22.3 Å². The van der Waals surface area contributed by atoms with E-state index in [2.05, 4.69) is 10.6 Å². The van der Waals surface area contributed by atoms with Crippen molar-refractivity contribution >= 4 is 17.8 Å². The number of hydrogen-bond acceptors (Lipinski definition) is 4. The van der Waals surface area contributed by atoms with Crippen LogP contribution in [0.3, 0.4) is 0 Å². The van der Waals surface area contributed by atoms with E-state index in [1.807, 2.05) is 0 Å². The van der Waals surface area contributed by atoms with Crippen LogP contribution in [0.5, 0.6) is 0 Å². The van der Waals surface area contributed by atoms with Crippen molar-refractivity contribution in [3.63, 3.8) is 0 Å². The first kappa shape index (κ1) is 23.4. The number of hydrogen-bond donors (Lipinski definition) is 2. The molecule has 2 N–H and O–H groups in total. The van der Waals surface area contributed by atoms with Gasteiger partial charge >= 0.3 is 12.2 Å². The second-order valence-corrected chi connectivity index (χ2v) is 7.90. The normalized spacial score (nSPS) is 18.3. The summed E-state index contributed by atoms with van der Waals surface area (Å²) in [6.07, 6.45) is -3.18. The summed E-state index contributed by atoms with van der Waals surface area (Å²) >= 11 is 0. The van der Waals surface area contributed by atoms with Crippen LogP contribution in [-0.4, -0.2) is 47.3 Å². The van der Waals surface area contributed by atoms with Crippen molar-refractivity contribution < 1.29 is 32.0 Å². The number of nitrogens with zero attached hydrogens (tertiary/aromatic N) is 2. The summed E-state index contributed by atoms with van der Waals surface area (Å²) < 4.78 is 46.1. The predicted molar refractivity (Wildman–Crippen MR) is 114 cm³/mol. The molecule has 0 spiro atoms. The molecule has 2 aromatic rings. The molecule has 2 aliphatic rings. The Morgan fingerprint density at radius 1 is 1.21 bits per heavy atom. The SMILES string of the molecule is CCN1C(=O)N[C@H](c2ccccc2C(F)(F)F)C2=C1CN(CCC(=O)NCc1ccco1)C2=O. The van der Waals surface area contributed by atoms with Crippen molar-refractivity contribution in [1.82, 2.24) is 20.4 Å². The van der Waals surface area contributed by atoms with Crippen LogP contribution in [0.15, 0.2) is 58.3 Å². The molecule has 0 unspecified atom stereocenters. The fourth-order valence-electron chi connectivity index (χ4n) is 4.23. The first-order valence-corrected chi connectivity index (χ1v) is 10.8. The molecule has 0 bridgehead atoms. The number of furan rings is 1. The Hall–Kier alpha value is -3.76. The van der Waals surface area contributed by atoms with Crippen LogP contribution in [0.1, 0.15) is 36.3 Å². The standard InChI is InChI=1S/C23H23F3N4O4/c1-2-30-17-13-29(10-9-18(31)27-12-14-6-5-11-34-14)21(32)19(17)20(28-22(30)33)15-7-3-4-8-16(15)23(24,25)26/h3-8,11,20H,2,9-10,12-13H2,1H3,(H,27,31)(H,28,33)/t20-/m1/s1. The van der Waals surface area contributed by atoms with Gasteiger partial charge in [-0.05, 0) is 30.7 Å². The van der Waals surface area contributed by atoms with Gasteiger partial charge in [-0.1, -0.05) is 18.2 Å². The number of halogens is 3. The lowest BCUT2D eigenvalue weighted by molar-refractivity contribution is -0.138. The van der Waals surface area contributed by atoms with Crippen molar-refractivity contribution in [3.05, 3.63) is 70.8 Å². The molecule has 1 atom stereocenters. The summed E-state index contributed by atoms with van der Waals surface area (Å²) in [7, 11) is 0. The summed E-state index contributed by atoms with van der Waals surface area (Å²) in [5.74, 6) is -0.235. The number of benzene rings is 1. The molecule has 8 nitrogen and oxygen atoms in total. The molecule has 11 heteroatoms. The molecule has 2 aliphatic heterocycles. The van der Waals surface area contributed by atoms with E-state index in [-0.39, 0.29) is 49.6 Å². The van der Waals surface area contributed by atoms with Gasteiger partial charge in [0.15, 0.2) is 0 Å². The Labute approximate surface area is 193 Å². The Balaban J connectivity index is 1.54. The van der Waals surface area contributed by atoms with E-state index in [1.165, 1.54) is 34.3 Å². The number of urea groups is 1. The number of carbonyl (C=O) groups excluding carboxylic acids is 3. The largest absolute Gasteiger partial charge is 0.467 e. The predicted octanol–water partition coefficient (Wildman–Crippen LogP) is 3.19. The van der Waals surface area contributed by atoms with Gasteiger partial charge in [-0.3, -0.25) is 14.5 Å². The van der Waals surface area contributed by atoms with Crippen molar-refractivity contribution in [2.45, 2.75) is 32.1 Å². The van der Waals surface area contributed by atoms with Crippen LogP contribution < -0.4 is 10.6 Å². The minimum Gasteiger partial charge on any atom is -0.467 e. The minimum absolute atomic E-state index is 0.00961. The Kier molecular flexibility index (Phi) is 6.36. The number of amides is 4. The zero-order valence-corrected chi connectivity index (χ0v) is 18.3. The number of rotatable bonds is 7. The molecular formula is C23H23F3N4O4. The third-order valence-electron chi connectivity index (χ3n) is 5.84. The van der Waals surface area contributed by atoms with Crippen molar-refractivity contribution in [2.75, 3.05) is 19.6 Å². The third-order valence-corrected chi connectivity index (χ3v) is 5.84. The second-order valence-electron chi connectivity index (χ2n) is 7.90. The highest BCUT2D eigenvalue weighted by Gasteiger charge is 2.46. The van der Waals surface area contributed by atoms with Crippen LogP contribution in [0.4, 0.5) is 18.0 Å². The summed E-state index contributed by atoms with van der Waals surface area (Å²) in [6, 6.07) is 6.47. The van der Waals surface area contributed by atoms with E-state index >= 15 is 0 Å². The van der Waals surface area contributed by atoms with Crippen molar-refractivity contribution in [3.8, 4) is 0 Å². The highest BCUT2D eigenvalue weighted by Crippen LogP contribution is 2.41. The highest BCUT2D eigenvalue weighted by molar-refractivity contribution is 6.01. The van der Waals surface area contributed by atoms with Gasteiger partial charge in [0.1, 0.15) is 5.76 Å². The first-order valence-electron chi connectivity index (χ1n) is 10.8. The molecule has 0 saturated heterocycles. The van der Waals surface area contributed by atoms with Gasteiger partial charge in [0, 0.05) is 19.5 Å². The van der Waals surface area contributed by atoms with Gasteiger partial charge in [0.05, 0.1) is 42.2 Å². The van der Waals surface area contributed by atoms with E-state index in [0.717, 1.165) is 6.07 Å². The molecule has 0 fully saturated rings. The fraction of sp³-hybridized carbons (Fsp3) is 0.348. The van der Waals surface area contributed by atoms with Crippen molar-refractivity contribution in [1.29, 1.82) is 0 Å². The van der Waals surface area contributed by atoms with Crippen LogP contribution in [0, 0.1) is 0 Å². The molecule has 0 saturated carbocycles. The topological polar surface area (TPSA) is 94.9 Å². The highest BCUT2D eigenvalue weighted by atomic mass is 19.4. The summed E-state index contributed by atoms with van der Waals surface area (Å²) in [5, 5.41) is 5.25. The summed E-state index contributed by atoms with van der Waals surface area (Å²) in [4.78, 5) is 40.9. The van der Waals surface area contributed by atoms with Crippen LogP contribution >= 0.6 is 0 Å². The molecule has 4 amide bonds. The maximum absolute atomic E-state index is 13.7. The van der Waals surface area contributed by atoms with E-state index in [4.69, 9.17) is 4.42 Å².